The van der Waals surface area contributed by atoms with Crippen molar-refractivity contribution in [2.45, 2.75) is 62.4 Å². The molecule has 0 saturated carbocycles. The lowest BCUT2D eigenvalue weighted by molar-refractivity contribution is -0.356. The van der Waals surface area contributed by atoms with E-state index in [0.717, 1.165) is 6.92 Å². The molecule has 1 unspecified atom stereocenters. The number of carbonyl (C=O) groups excluding carboxylic acids is 2. The van der Waals surface area contributed by atoms with Gasteiger partial charge in [-0.3, -0.25) is 9.35 Å². The first-order valence-electron chi connectivity index (χ1n) is 9.77. The average molecular weight is 542 g/mol. The van der Waals surface area contributed by atoms with Crippen LogP contribution in [0.25, 0.3) is 0 Å². The van der Waals surface area contributed by atoms with Crippen molar-refractivity contribution in [3.8, 4) is 0 Å². The highest BCUT2D eigenvalue weighted by molar-refractivity contribution is 7.87. The first kappa shape index (κ1) is 30.6. The molecule has 35 heavy (non-hydrogen) atoms. The second-order valence-electron chi connectivity index (χ2n) is 7.01. The summed E-state index contributed by atoms with van der Waals surface area (Å²) in [6.45, 7) is -0.790. The molecule has 1 rings (SSSR count). The molecule has 0 aliphatic heterocycles. The van der Waals surface area contributed by atoms with Crippen molar-refractivity contribution < 1.29 is 67.5 Å². The Balaban J connectivity index is 2.98. The predicted molar refractivity (Wildman–Crippen MR) is 103 cm³/mol. The van der Waals surface area contributed by atoms with Gasteiger partial charge in [-0.15, -0.1) is 0 Å². The van der Waals surface area contributed by atoms with Crippen molar-refractivity contribution >= 4 is 22.1 Å². The van der Waals surface area contributed by atoms with Gasteiger partial charge in [0.2, 0.25) is 0 Å². The highest BCUT2D eigenvalue weighted by Crippen LogP contribution is 2.42. The van der Waals surface area contributed by atoms with Crippen LogP contribution in [-0.4, -0.2) is 54.7 Å². The zero-order valence-corrected chi connectivity index (χ0v) is 18.8. The van der Waals surface area contributed by atoms with Crippen molar-refractivity contribution in [2.24, 2.45) is 0 Å². The predicted octanol–water partition coefficient (Wildman–Crippen LogP) is 4.24. The summed E-state index contributed by atoms with van der Waals surface area (Å²) in [7, 11) is -6.48. The SMILES string of the molecule is CCC(=O)OC(OCCCCC(F)(F)C(F)(F)S(=O)(=O)O)(C(=O)OCc1ccccc1)C(F)(F)F. The van der Waals surface area contributed by atoms with Gasteiger partial charge in [-0.05, 0) is 18.4 Å². The number of rotatable bonds is 13. The van der Waals surface area contributed by atoms with Crippen molar-refractivity contribution in [1.29, 1.82) is 0 Å². The van der Waals surface area contributed by atoms with Gasteiger partial charge in [0.1, 0.15) is 6.61 Å². The molecule has 8 nitrogen and oxygen atoms in total. The van der Waals surface area contributed by atoms with Crippen LogP contribution in [0, 0.1) is 0 Å². The normalized spacial score (nSPS) is 14.8. The number of unbranched alkanes of at least 4 members (excludes halogenated alkanes) is 1. The molecule has 0 aliphatic carbocycles. The minimum Gasteiger partial charge on any atom is -0.456 e. The van der Waals surface area contributed by atoms with E-state index < -0.39 is 84.1 Å². The second kappa shape index (κ2) is 11.5. The molecule has 0 amide bonds. The largest absolute Gasteiger partial charge is 0.468 e. The van der Waals surface area contributed by atoms with Gasteiger partial charge in [0, 0.05) is 12.8 Å². The molecular weight excluding hydrogens is 521 g/mol. The highest BCUT2D eigenvalue weighted by atomic mass is 32.2. The number of hydrogen-bond acceptors (Lipinski definition) is 7. The molecule has 1 atom stereocenters. The number of alkyl halides is 7. The Hall–Kier alpha value is -2.46. The molecule has 0 aliphatic rings. The van der Waals surface area contributed by atoms with E-state index in [9.17, 15) is 48.7 Å². The van der Waals surface area contributed by atoms with Gasteiger partial charge < -0.3 is 14.2 Å². The second-order valence-corrected chi connectivity index (χ2v) is 8.47. The standard InChI is InChI=1S/C19H21F7O8S/c1-2-14(27)34-17(18(22,23)24,15(28)32-12-13-8-4-3-5-9-13)33-11-7-6-10-16(20,21)19(25,26)35(29,30)31/h3-5,8-9H,2,6-7,10-12H2,1H3,(H,29,30,31). The first-order chi connectivity index (χ1) is 15.9. The van der Waals surface area contributed by atoms with Gasteiger partial charge in [0.25, 0.3) is 0 Å². The molecule has 0 saturated heterocycles. The van der Waals surface area contributed by atoms with Crippen LogP contribution in [0.2, 0.25) is 0 Å². The molecular formula is C19H21F7O8S. The molecule has 1 aromatic rings. The molecule has 1 aromatic carbocycles. The minimum atomic E-state index is -6.48. The van der Waals surface area contributed by atoms with Crippen molar-refractivity contribution in [2.75, 3.05) is 6.61 Å². The van der Waals surface area contributed by atoms with E-state index in [-0.39, 0.29) is 5.56 Å². The molecule has 0 heterocycles. The molecule has 0 aromatic heterocycles. The maximum Gasteiger partial charge on any atom is 0.468 e. The fraction of sp³-hybridized carbons (Fsp3) is 0.579. The molecule has 0 bridgehead atoms. The quantitative estimate of drug-likeness (QED) is 0.129. The molecule has 1 N–H and O–H groups in total. The van der Waals surface area contributed by atoms with Crippen LogP contribution in [0.1, 0.15) is 38.2 Å². The molecule has 0 fully saturated rings. The molecule has 200 valence electrons. The lowest BCUT2D eigenvalue weighted by atomic mass is 10.1. The summed E-state index contributed by atoms with van der Waals surface area (Å²) in [5.74, 6) is -13.3. The van der Waals surface area contributed by atoms with Gasteiger partial charge in [0.15, 0.2) is 0 Å². The Morgan fingerprint density at radius 3 is 2.03 bits per heavy atom. The van der Waals surface area contributed by atoms with E-state index in [4.69, 9.17) is 4.55 Å². The number of carbonyl (C=O) groups is 2. The summed E-state index contributed by atoms with van der Waals surface area (Å²) in [6.07, 6.45) is -10.1. The summed E-state index contributed by atoms with van der Waals surface area (Å²) in [5.41, 5.74) is 0.265. The zero-order chi connectivity index (χ0) is 27.1. The van der Waals surface area contributed by atoms with Gasteiger partial charge in [-0.2, -0.15) is 39.2 Å². The Bertz CT molecular complexity index is 967. The maximum absolute atomic E-state index is 13.8. The smallest absolute Gasteiger partial charge is 0.456 e. The summed E-state index contributed by atoms with van der Waals surface area (Å²) in [4.78, 5) is 23.9. The van der Waals surface area contributed by atoms with Crippen LogP contribution < -0.4 is 0 Å². The van der Waals surface area contributed by atoms with E-state index in [1.54, 1.807) is 6.07 Å². The van der Waals surface area contributed by atoms with Crippen LogP contribution in [0.3, 0.4) is 0 Å². The fourth-order valence-electron chi connectivity index (χ4n) is 2.44. The minimum absolute atomic E-state index is 0.265. The summed E-state index contributed by atoms with van der Waals surface area (Å²) < 4.78 is 137. The van der Waals surface area contributed by atoms with Gasteiger partial charge >= 0.3 is 45.2 Å². The van der Waals surface area contributed by atoms with E-state index in [0.29, 0.717) is 0 Å². The lowest BCUT2D eigenvalue weighted by Gasteiger charge is -2.32. The molecule has 0 spiro atoms. The summed E-state index contributed by atoms with van der Waals surface area (Å²) in [6, 6.07) is 7.38. The Morgan fingerprint density at radius 2 is 1.54 bits per heavy atom. The Labute approximate surface area is 195 Å². The first-order valence-corrected chi connectivity index (χ1v) is 11.2. The third kappa shape index (κ3) is 7.51. The Kier molecular flexibility index (Phi) is 10.1. The third-order valence-electron chi connectivity index (χ3n) is 4.34. The number of hydrogen-bond donors (Lipinski definition) is 1. The third-order valence-corrected chi connectivity index (χ3v) is 5.29. The monoisotopic (exact) mass is 542 g/mol. The van der Waals surface area contributed by atoms with E-state index in [2.05, 4.69) is 14.2 Å². The van der Waals surface area contributed by atoms with Crippen molar-refractivity contribution in [1.82, 2.24) is 0 Å². The van der Waals surface area contributed by atoms with Crippen molar-refractivity contribution in [3.05, 3.63) is 35.9 Å². The number of esters is 2. The van der Waals surface area contributed by atoms with Gasteiger partial charge in [-0.1, -0.05) is 37.3 Å². The van der Waals surface area contributed by atoms with Crippen LogP contribution in [0.5, 0.6) is 0 Å². The van der Waals surface area contributed by atoms with E-state index >= 15 is 0 Å². The van der Waals surface area contributed by atoms with Gasteiger partial charge in [0.05, 0.1) is 6.61 Å². The van der Waals surface area contributed by atoms with Crippen LogP contribution in [0.4, 0.5) is 30.7 Å². The summed E-state index contributed by atoms with van der Waals surface area (Å²) >= 11 is 0. The molecule has 16 heteroatoms. The van der Waals surface area contributed by atoms with Crippen LogP contribution >= 0.6 is 0 Å². The van der Waals surface area contributed by atoms with Gasteiger partial charge in [-0.25, -0.2) is 4.79 Å². The highest BCUT2D eigenvalue weighted by Gasteiger charge is 2.68. The van der Waals surface area contributed by atoms with Crippen LogP contribution in [-0.2, 0) is 40.5 Å². The topological polar surface area (TPSA) is 116 Å². The van der Waals surface area contributed by atoms with Crippen LogP contribution in [0.15, 0.2) is 30.3 Å². The Morgan fingerprint density at radius 1 is 0.971 bits per heavy atom. The van der Waals surface area contributed by atoms with E-state index in [1.165, 1.54) is 24.3 Å². The summed E-state index contributed by atoms with van der Waals surface area (Å²) in [5, 5.41) is -5.85. The zero-order valence-electron chi connectivity index (χ0n) is 18.0. The molecule has 0 radical (unpaired) electrons. The fourth-order valence-corrected chi connectivity index (χ4v) is 2.91. The maximum atomic E-state index is 13.8. The average Bonchev–Trinajstić information content (AvgIpc) is 2.75. The van der Waals surface area contributed by atoms with E-state index in [1.807, 2.05) is 0 Å². The van der Waals surface area contributed by atoms with Crippen molar-refractivity contribution in [3.63, 3.8) is 0 Å². The number of ether oxygens (including phenoxy) is 3. The number of halogens is 7. The lowest BCUT2D eigenvalue weighted by Crippen LogP contribution is -2.58. The number of benzene rings is 1.